The first-order valence-electron chi connectivity index (χ1n) is 9.71. The molecule has 3 rings (SSSR count). The fourth-order valence-electron chi connectivity index (χ4n) is 3.40. The largest absolute Gasteiger partial charge is 0.388 e. The van der Waals surface area contributed by atoms with Gasteiger partial charge in [0.25, 0.3) is 0 Å². The van der Waals surface area contributed by atoms with Gasteiger partial charge in [-0.1, -0.05) is 78.4 Å². The number of benzene rings is 3. The lowest BCUT2D eigenvalue weighted by Gasteiger charge is -2.28. The van der Waals surface area contributed by atoms with E-state index in [1.807, 2.05) is 13.0 Å². The summed E-state index contributed by atoms with van der Waals surface area (Å²) in [6.07, 6.45) is -1.17. The monoisotopic (exact) mass is 423 g/mol. The van der Waals surface area contributed by atoms with E-state index in [2.05, 4.69) is 4.72 Å². The van der Waals surface area contributed by atoms with E-state index >= 15 is 0 Å². The molecule has 0 spiro atoms. The number of aliphatic hydroxyl groups excluding tert-OH is 1. The molecule has 0 amide bonds. The Balaban J connectivity index is 1.94. The lowest BCUT2D eigenvalue weighted by atomic mass is 9.84. The average Bonchev–Trinajstić information content (AvgIpc) is 2.75. The molecule has 0 unspecified atom stereocenters. The third kappa shape index (κ3) is 5.02. The molecule has 3 aromatic rings. The van der Waals surface area contributed by atoms with Crippen LogP contribution in [-0.2, 0) is 10.0 Å². The number of Topliss-reactive ketones (excluding diaryl/α,β-unsaturated/α-hetero) is 1. The Morgan fingerprint density at radius 3 is 1.97 bits per heavy atom. The summed E-state index contributed by atoms with van der Waals surface area (Å²) < 4.78 is 28.3. The van der Waals surface area contributed by atoms with Gasteiger partial charge in [0.05, 0.1) is 16.9 Å². The van der Waals surface area contributed by atoms with Crippen molar-refractivity contribution in [1.29, 1.82) is 0 Å². The van der Waals surface area contributed by atoms with Crippen LogP contribution in [0.5, 0.6) is 0 Å². The molecule has 0 aliphatic rings. The number of carbonyl (C=O) groups excluding carboxylic acids is 1. The van der Waals surface area contributed by atoms with Gasteiger partial charge in [-0.3, -0.25) is 4.79 Å². The number of sulfonamides is 1. The predicted octanol–water partition coefficient (Wildman–Crippen LogP) is 3.89. The van der Waals surface area contributed by atoms with Crippen LogP contribution in [0.4, 0.5) is 0 Å². The van der Waals surface area contributed by atoms with Crippen molar-refractivity contribution in [2.75, 3.05) is 0 Å². The molecule has 0 saturated carbocycles. The zero-order valence-electron chi connectivity index (χ0n) is 16.9. The Morgan fingerprint density at radius 1 is 0.867 bits per heavy atom. The Labute approximate surface area is 177 Å². The smallest absolute Gasteiger partial charge is 0.240 e. The molecule has 0 saturated heterocycles. The molecule has 6 heteroatoms. The van der Waals surface area contributed by atoms with Crippen molar-refractivity contribution in [3.05, 3.63) is 102 Å². The molecule has 0 aliphatic carbocycles. The van der Waals surface area contributed by atoms with Crippen molar-refractivity contribution >= 4 is 15.8 Å². The highest BCUT2D eigenvalue weighted by Gasteiger charge is 2.36. The maximum Gasteiger partial charge on any atom is 0.240 e. The van der Waals surface area contributed by atoms with Gasteiger partial charge in [-0.25, -0.2) is 13.1 Å². The van der Waals surface area contributed by atoms with E-state index in [1.165, 1.54) is 12.1 Å². The van der Waals surface area contributed by atoms with Gasteiger partial charge in [-0.2, -0.15) is 0 Å². The molecule has 2 N–H and O–H groups in total. The third-order valence-electron chi connectivity index (χ3n) is 5.05. The van der Waals surface area contributed by atoms with Crippen LogP contribution < -0.4 is 4.72 Å². The molecular formula is C24H25NO4S. The van der Waals surface area contributed by atoms with E-state index in [9.17, 15) is 18.3 Å². The van der Waals surface area contributed by atoms with Crippen LogP contribution in [0.25, 0.3) is 0 Å². The second kappa shape index (κ2) is 9.34. The van der Waals surface area contributed by atoms with E-state index in [0.29, 0.717) is 11.1 Å². The van der Waals surface area contributed by atoms with Crippen molar-refractivity contribution < 1.29 is 18.3 Å². The first-order valence-corrected chi connectivity index (χ1v) is 11.2. The highest BCUT2D eigenvalue weighted by molar-refractivity contribution is 7.89. The molecule has 30 heavy (non-hydrogen) atoms. The first kappa shape index (κ1) is 21.9. The number of aryl methyl sites for hydroxylation is 1. The van der Waals surface area contributed by atoms with Gasteiger partial charge in [0.2, 0.25) is 10.0 Å². The maximum atomic E-state index is 13.3. The molecule has 0 heterocycles. The zero-order valence-corrected chi connectivity index (χ0v) is 17.7. The maximum absolute atomic E-state index is 13.3. The summed E-state index contributed by atoms with van der Waals surface area (Å²) >= 11 is 0. The number of hydrogen-bond acceptors (Lipinski definition) is 4. The van der Waals surface area contributed by atoms with Crippen LogP contribution in [0.3, 0.4) is 0 Å². The van der Waals surface area contributed by atoms with Gasteiger partial charge >= 0.3 is 0 Å². The normalized spacial score (nSPS) is 14.6. The molecule has 0 fully saturated rings. The first-order chi connectivity index (χ1) is 14.3. The molecule has 0 radical (unpaired) electrons. The second-order valence-electron chi connectivity index (χ2n) is 7.33. The van der Waals surface area contributed by atoms with Crippen LogP contribution in [0.2, 0.25) is 0 Å². The summed E-state index contributed by atoms with van der Waals surface area (Å²) in [5.41, 5.74) is 1.91. The SMILES string of the molecule is Cc1ccc(S(=O)(=O)N[C@@H](C)[C@H](C(=O)c2ccccc2)[C@@H](O)c2ccccc2)cc1. The highest BCUT2D eigenvalue weighted by Crippen LogP contribution is 2.29. The van der Waals surface area contributed by atoms with Crippen molar-refractivity contribution in [3.8, 4) is 0 Å². The predicted molar refractivity (Wildman–Crippen MR) is 117 cm³/mol. The van der Waals surface area contributed by atoms with Crippen molar-refractivity contribution in [1.82, 2.24) is 4.72 Å². The standard InChI is InChI=1S/C24H25NO4S/c1-17-13-15-21(16-14-17)30(28,29)25-18(2)22(23(26)19-9-5-3-6-10-19)24(27)20-11-7-4-8-12-20/h3-16,18,22-23,25-26H,1-2H3/t18-,22-,23-/m0/s1. The van der Waals surface area contributed by atoms with Gasteiger partial charge in [-0.15, -0.1) is 0 Å². The molecule has 5 nitrogen and oxygen atoms in total. The lowest BCUT2D eigenvalue weighted by Crippen LogP contribution is -2.44. The van der Waals surface area contributed by atoms with Crippen molar-refractivity contribution in [2.24, 2.45) is 5.92 Å². The summed E-state index contributed by atoms with van der Waals surface area (Å²) in [6.45, 7) is 3.47. The summed E-state index contributed by atoms with van der Waals surface area (Å²) in [5.74, 6) is -1.33. The average molecular weight is 424 g/mol. The van der Waals surface area contributed by atoms with E-state index in [-0.39, 0.29) is 10.7 Å². The molecule has 0 aliphatic heterocycles. The fourth-order valence-corrected chi connectivity index (χ4v) is 4.67. The molecule has 0 aromatic heterocycles. The fraction of sp³-hybridized carbons (Fsp3) is 0.208. The number of hydrogen-bond donors (Lipinski definition) is 2. The Kier molecular flexibility index (Phi) is 6.82. The van der Waals surface area contributed by atoms with Gasteiger partial charge in [0.15, 0.2) is 5.78 Å². The summed E-state index contributed by atoms with van der Waals surface area (Å²) in [6, 6.07) is 23.0. The second-order valence-corrected chi connectivity index (χ2v) is 9.05. The summed E-state index contributed by atoms with van der Waals surface area (Å²) in [4.78, 5) is 13.4. The molecule has 0 bridgehead atoms. The van der Waals surface area contributed by atoms with E-state index in [4.69, 9.17) is 0 Å². The number of ketones is 1. The minimum atomic E-state index is -3.87. The number of nitrogens with one attached hydrogen (secondary N) is 1. The van der Waals surface area contributed by atoms with Crippen LogP contribution in [0.1, 0.15) is 34.5 Å². The Hall–Kier alpha value is -2.80. The van der Waals surface area contributed by atoms with Crippen molar-refractivity contribution in [2.45, 2.75) is 30.9 Å². The van der Waals surface area contributed by atoms with Gasteiger partial charge in [0.1, 0.15) is 0 Å². The van der Waals surface area contributed by atoms with Crippen LogP contribution in [-0.4, -0.2) is 25.3 Å². The molecular weight excluding hydrogens is 398 g/mol. The number of carbonyl (C=O) groups is 1. The summed E-state index contributed by atoms with van der Waals surface area (Å²) in [5, 5.41) is 11.0. The van der Waals surface area contributed by atoms with Crippen molar-refractivity contribution in [3.63, 3.8) is 0 Å². The minimum absolute atomic E-state index is 0.111. The zero-order chi connectivity index (χ0) is 21.7. The van der Waals surface area contributed by atoms with Crippen LogP contribution in [0, 0.1) is 12.8 Å². The number of aliphatic hydroxyl groups is 1. The van der Waals surface area contributed by atoms with E-state index in [1.54, 1.807) is 73.7 Å². The highest BCUT2D eigenvalue weighted by atomic mass is 32.2. The lowest BCUT2D eigenvalue weighted by molar-refractivity contribution is 0.0615. The summed E-state index contributed by atoms with van der Waals surface area (Å²) in [7, 11) is -3.87. The quantitative estimate of drug-likeness (QED) is 0.539. The van der Waals surface area contributed by atoms with E-state index in [0.717, 1.165) is 5.56 Å². The topological polar surface area (TPSA) is 83.5 Å². The van der Waals surface area contributed by atoms with Crippen LogP contribution >= 0.6 is 0 Å². The minimum Gasteiger partial charge on any atom is -0.388 e. The Bertz CT molecular complexity index is 1080. The van der Waals surface area contributed by atoms with Gasteiger partial charge in [0, 0.05) is 11.6 Å². The van der Waals surface area contributed by atoms with Gasteiger partial charge < -0.3 is 5.11 Å². The third-order valence-corrected chi connectivity index (χ3v) is 6.63. The molecule has 3 aromatic carbocycles. The van der Waals surface area contributed by atoms with Gasteiger partial charge in [-0.05, 0) is 31.5 Å². The van der Waals surface area contributed by atoms with Crippen LogP contribution in [0.15, 0.2) is 89.8 Å². The number of rotatable bonds is 8. The molecule has 156 valence electrons. The molecule has 3 atom stereocenters. The van der Waals surface area contributed by atoms with E-state index < -0.39 is 28.1 Å². The Morgan fingerprint density at radius 2 is 1.40 bits per heavy atom.